The van der Waals surface area contributed by atoms with Crippen molar-refractivity contribution >= 4 is 23.8 Å². The molecular formula is C20H26ClN3O. The molecule has 2 atom stereocenters. The van der Waals surface area contributed by atoms with Crippen molar-refractivity contribution < 1.29 is 4.79 Å². The number of halogens is 1. The zero-order valence-electron chi connectivity index (χ0n) is 14.6. The predicted octanol–water partition coefficient (Wildman–Crippen LogP) is 2.99. The molecule has 4 bridgehead atoms. The molecule has 1 aliphatic carbocycles. The van der Waals surface area contributed by atoms with E-state index in [1.807, 2.05) is 12.1 Å². The van der Waals surface area contributed by atoms with E-state index in [1.165, 1.54) is 38.2 Å². The van der Waals surface area contributed by atoms with Crippen LogP contribution in [0.25, 0.3) is 5.52 Å². The largest absolute Gasteiger partial charge is 0.349 e. The maximum atomic E-state index is 13.0. The third-order valence-corrected chi connectivity index (χ3v) is 6.45. The molecule has 3 aliphatic heterocycles. The summed E-state index contributed by atoms with van der Waals surface area (Å²) in [4.78, 5) is 15.7. The molecule has 1 N–H and O–H groups in total. The molecule has 1 amide bonds. The van der Waals surface area contributed by atoms with E-state index in [1.54, 1.807) is 0 Å². The number of rotatable bonds is 3. The highest BCUT2D eigenvalue weighted by Gasteiger charge is 2.47. The number of aryl methyl sites for hydroxylation is 1. The molecular weight excluding hydrogens is 334 g/mol. The van der Waals surface area contributed by atoms with Crippen LogP contribution in [0.4, 0.5) is 0 Å². The Kier molecular flexibility index (Phi) is 4.28. The van der Waals surface area contributed by atoms with Gasteiger partial charge in [-0.1, -0.05) is 13.0 Å². The molecule has 4 nitrogen and oxygen atoms in total. The topological polar surface area (TPSA) is 36.8 Å². The first-order valence-electron chi connectivity index (χ1n) is 9.35. The molecule has 2 aromatic heterocycles. The monoisotopic (exact) mass is 359 g/mol. The van der Waals surface area contributed by atoms with Gasteiger partial charge in [0.2, 0.25) is 0 Å². The van der Waals surface area contributed by atoms with Gasteiger partial charge in [0.15, 0.2) is 0 Å². The predicted molar refractivity (Wildman–Crippen MR) is 101 cm³/mol. The fraction of sp³-hybridized carbons (Fsp3) is 0.550. The van der Waals surface area contributed by atoms with Crippen molar-refractivity contribution in [2.75, 3.05) is 19.6 Å². The number of carbonyl (C=O) groups excluding carboxylic acids is 1. The summed E-state index contributed by atoms with van der Waals surface area (Å²) < 4.78 is 2.15. The molecule has 4 fully saturated rings. The van der Waals surface area contributed by atoms with Gasteiger partial charge in [0.1, 0.15) is 0 Å². The molecule has 0 unspecified atom stereocenters. The SMILES string of the molecule is CCc1cc(C(=O)N[C@H]2[C@@H]3C[C@@H]4C[C@@H]2C[N@@](C3)C4)c2ccccn12.Cl. The van der Waals surface area contributed by atoms with Crippen LogP contribution in [-0.2, 0) is 6.42 Å². The molecule has 1 saturated carbocycles. The number of aromatic nitrogens is 1. The molecule has 25 heavy (non-hydrogen) atoms. The van der Waals surface area contributed by atoms with Crippen molar-refractivity contribution in [3.63, 3.8) is 0 Å². The van der Waals surface area contributed by atoms with Gasteiger partial charge < -0.3 is 14.6 Å². The number of carbonyl (C=O) groups is 1. The summed E-state index contributed by atoms with van der Waals surface area (Å²) in [6.07, 6.45) is 5.59. The fourth-order valence-electron chi connectivity index (χ4n) is 5.55. The van der Waals surface area contributed by atoms with Gasteiger partial charge in [0.05, 0.1) is 11.1 Å². The van der Waals surface area contributed by atoms with Gasteiger partial charge in [-0.15, -0.1) is 12.4 Å². The van der Waals surface area contributed by atoms with Crippen LogP contribution in [0.5, 0.6) is 0 Å². The highest BCUT2D eigenvalue weighted by Crippen LogP contribution is 2.43. The van der Waals surface area contributed by atoms with E-state index in [0.717, 1.165) is 23.4 Å². The highest BCUT2D eigenvalue weighted by molar-refractivity contribution is 6.01. The number of hydrogen-bond acceptors (Lipinski definition) is 2. The van der Waals surface area contributed by atoms with Gasteiger partial charge in [0, 0.05) is 37.6 Å². The lowest BCUT2D eigenvalue weighted by atomic mass is 9.65. The minimum absolute atomic E-state index is 0. The van der Waals surface area contributed by atoms with Crippen LogP contribution in [0.1, 0.15) is 35.8 Å². The number of nitrogens with zero attached hydrogens (tertiary/aromatic N) is 2. The minimum atomic E-state index is 0. The average Bonchev–Trinajstić information content (AvgIpc) is 2.96. The van der Waals surface area contributed by atoms with Gasteiger partial charge in [-0.25, -0.2) is 0 Å². The summed E-state index contributed by atoms with van der Waals surface area (Å²) in [5, 5.41) is 3.43. The van der Waals surface area contributed by atoms with Gasteiger partial charge in [-0.2, -0.15) is 0 Å². The van der Waals surface area contributed by atoms with E-state index in [4.69, 9.17) is 0 Å². The van der Waals surface area contributed by atoms with Gasteiger partial charge >= 0.3 is 0 Å². The molecule has 5 heteroatoms. The van der Waals surface area contributed by atoms with E-state index in [0.29, 0.717) is 17.9 Å². The lowest BCUT2D eigenvalue weighted by molar-refractivity contribution is -0.0418. The van der Waals surface area contributed by atoms with E-state index in [2.05, 4.69) is 39.9 Å². The first kappa shape index (κ1) is 16.9. The maximum absolute atomic E-state index is 13.0. The molecule has 4 aliphatic rings. The third kappa shape index (κ3) is 2.67. The van der Waals surface area contributed by atoms with Crippen LogP contribution >= 0.6 is 12.4 Å². The summed E-state index contributed by atoms with van der Waals surface area (Å²) in [6, 6.07) is 8.54. The first-order chi connectivity index (χ1) is 11.7. The fourth-order valence-corrected chi connectivity index (χ4v) is 5.55. The summed E-state index contributed by atoms with van der Waals surface area (Å²) >= 11 is 0. The standard InChI is InChI=1S/C20H25N3O.ClH/c1-2-16-9-17(18-5-3-4-6-23(16)18)20(24)21-19-14-7-13-8-15(19)12-22(10-13)11-14;/h3-6,9,13-15,19H,2,7-8,10-12H2,1H3,(H,21,24);1H/t13-,14-,15-,19+;/m1./s1. The Morgan fingerprint density at radius 2 is 1.96 bits per heavy atom. The summed E-state index contributed by atoms with van der Waals surface area (Å²) in [7, 11) is 0. The Balaban J connectivity index is 0.00000157. The van der Waals surface area contributed by atoms with Crippen LogP contribution in [0.15, 0.2) is 30.5 Å². The third-order valence-electron chi connectivity index (χ3n) is 6.45. The number of fused-ring (bicyclic) bond motifs is 1. The lowest BCUT2D eigenvalue weighted by Crippen LogP contribution is -2.64. The highest BCUT2D eigenvalue weighted by atomic mass is 35.5. The molecule has 0 aromatic carbocycles. The summed E-state index contributed by atoms with van der Waals surface area (Å²) in [5.41, 5.74) is 3.06. The van der Waals surface area contributed by atoms with E-state index < -0.39 is 0 Å². The normalized spacial score (nSPS) is 32.6. The van der Waals surface area contributed by atoms with Gasteiger partial charge in [0.25, 0.3) is 5.91 Å². The molecule has 134 valence electrons. The second kappa shape index (κ2) is 6.33. The Labute approximate surface area is 155 Å². The Bertz CT molecular complexity index is 771. The van der Waals surface area contributed by atoms with E-state index in [9.17, 15) is 4.79 Å². The quantitative estimate of drug-likeness (QED) is 0.914. The Morgan fingerprint density at radius 3 is 2.64 bits per heavy atom. The van der Waals surface area contributed by atoms with Crippen LogP contribution in [0.2, 0.25) is 0 Å². The maximum Gasteiger partial charge on any atom is 0.253 e. The molecule has 0 spiro atoms. The van der Waals surface area contributed by atoms with Crippen molar-refractivity contribution in [3.05, 3.63) is 41.7 Å². The van der Waals surface area contributed by atoms with Crippen LogP contribution in [0.3, 0.4) is 0 Å². The van der Waals surface area contributed by atoms with Crippen molar-refractivity contribution in [3.8, 4) is 0 Å². The molecule has 0 radical (unpaired) electrons. The van der Waals surface area contributed by atoms with Crippen LogP contribution in [0, 0.1) is 17.8 Å². The van der Waals surface area contributed by atoms with Crippen molar-refractivity contribution in [2.45, 2.75) is 32.2 Å². The van der Waals surface area contributed by atoms with Gasteiger partial charge in [-0.05, 0) is 55.2 Å². The number of amides is 1. The lowest BCUT2D eigenvalue weighted by Gasteiger charge is -2.55. The van der Waals surface area contributed by atoms with Crippen molar-refractivity contribution in [1.82, 2.24) is 14.6 Å². The Morgan fingerprint density at radius 1 is 1.20 bits per heavy atom. The van der Waals surface area contributed by atoms with Crippen LogP contribution < -0.4 is 5.32 Å². The summed E-state index contributed by atoms with van der Waals surface area (Å²) in [6.45, 7) is 5.78. The Hall–Kier alpha value is -1.52. The second-order valence-electron chi connectivity index (χ2n) is 7.93. The zero-order chi connectivity index (χ0) is 16.3. The smallest absolute Gasteiger partial charge is 0.253 e. The number of piperidine rings is 3. The summed E-state index contributed by atoms with van der Waals surface area (Å²) in [5.74, 6) is 2.29. The van der Waals surface area contributed by atoms with Crippen LogP contribution in [-0.4, -0.2) is 40.9 Å². The van der Waals surface area contributed by atoms with Crippen molar-refractivity contribution in [2.24, 2.45) is 17.8 Å². The second-order valence-corrected chi connectivity index (χ2v) is 7.93. The van der Waals surface area contributed by atoms with E-state index in [-0.39, 0.29) is 18.3 Å². The number of pyridine rings is 1. The molecule has 3 saturated heterocycles. The molecule has 6 rings (SSSR count). The minimum Gasteiger partial charge on any atom is -0.349 e. The zero-order valence-corrected chi connectivity index (χ0v) is 15.5. The van der Waals surface area contributed by atoms with Gasteiger partial charge in [-0.3, -0.25) is 4.79 Å². The number of nitrogens with one attached hydrogen (secondary N) is 1. The first-order valence-corrected chi connectivity index (χ1v) is 9.35. The van der Waals surface area contributed by atoms with E-state index >= 15 is 0 Å². The average molecular weight is 360 g/mol. The number of hydrogen-bond donors (Lipinski definition) is 1. The van der Waals surface area contributed by atoms with Crippen molar-refractivity contribution in [1.29, 1.82) is 0 Å². The molecule has 2 aromatic rings. The molecule has 5 heterocycles.